The summed E-state index contributed by atoms with van der Waals surface area (Å²) in [5, 5.41) is 9.29. The molecule has 2 atom stereocenters. The minimum absolute atomic E-state index is 0.0606. The van der Waals surface area contributed by atoms with Crippen molar-refractivity contribution in [1.82, 2.24) is 4.90 Å². The van der Waals surface area contributed by atoms with Crippen LogP contribution >= 0.6 is 0 Å². The number of hydrogen-bond donors (Lipinski definition) is 1. The fourth-order valence-corrected chi connectivity index (χ4v) is 2.62. The van der Waals surface area contributed by atoms with E-state index in [1.165, 1.54) is 0 Å². The number of carboxylic acids is 1. The highest BCUT2D eigenvalue weighted by atomic mass is 16.5. The molecular formula is C14H17NO4. The van der Waals surface area contributed by atoms with E-state index >= 15 is 0 Å². The first kappa shape index (κ1) is 13.4. The molecule has 1 fully saturated rings. The number of hydrogen-bond acceptors (Lipinski definition) is 3. The van der Waals surface area contributed by atoms with E-state index in [1.54, 1.807) is 24.1 Å². The van der Waals surface area contributed by atoms with E-state index in [2.05, 4.69) is 0 Å². The second-order valence-electron chi connectivity index (χ2n) is 4.55. The van der Waals surface area contributed by atoms with Crippen molar-refractivity contribution in [2.45, 2.75) is 19.4 Å². The van der Waals surface area contributed by atoms with Crippen LogP contribution in [0.1, 0.15) is 24.9 Å². The maximum atomic E-state index is 11.9. The topological polar surface area (TPSA) is 66.8 Å². The Labute approximate surface area is 111 Å². The third-order valence-corrected chi connectivity index (χ3v) is 3.52. The number of methoxy groups -OCH3 is 1. The molecule has 0 radical (unpaired) electrons. The molecule has 1 heterocycles. The van der Waals surface area contributed by atoms with Crippen molar-refractivity contribution in [2.75, 3.05) is 13.7 Å². The SMILES string of the molecule is CCN1C(=O)C[C@@H](C(=O)O)[C@@H]1c1cccc(OC)c1. The Morgan fingerprint density at radius 3 is 2.84 bits per heavy atom. The number of amides is 1. The van der Waals surface area contributed by atoms with E-state index in [0.29, 0.717) is 12.3 Å². The van der Waals surface area contributed by atoms with Gasteiger partial charge in [0, 0.05) is 13.0 Å². The summed E-state index contributed by atoms with van der Waals surface area (Å²) in [6.07, 6.45) is 0.0606. The smallest absolute Gasteiger partial charge is 0.309 e. The fraction of sp³-hybridized carbons (Fsp3) is 0.429. The number of likely N-dealkylation sites (tertiary alicyclic amines) is 1. The zero-order valence-electron chi connectivity index (χ0n) is 11.0. The van der Waals surface area contributed by atoms with Crippen molar-refractivity contribution >= 4 is 11.9 Å². The monoisotopic (exact) mass is 263 g/mol. The molecule has 1 aromatic carbocycles. The van der Waals surface area contributed by atoms with Gasteiger partial charge in [0.25, 0.3) is 0 Å². The minimum atomic E-state index is -0.933. The molecule has 1 amide bonds. The Hall–Kier alpha value is -2.04. The van der Waals surface area contributed by atoms with Crippen molar-refractivity contribution in [3.63, 3.8) is 0 Å². The summed E-state index contributed by atoms with van der Waals surface area (Å²) >= 11 is 0. The van der Waals surface area contributed by atoms with Crippen molar-refractivity contribution < 1.29 is 19.4 Å². The number of carbonyl (C=O) groups is 2. The summed E-state index contributed by atoms with van der Waals surface area (Å²) in [4.78, 5) is 24.8. The number of aliphatic carboxylic acids is 1. The number of carboxylic acid groups (broad SMARTS) is 1. The lowest BCUT2D eigenvalue weighted by Gasteiger charge is -2.26. The van der Waals surface area contributed by atoms with Crippen molar-refractivity contribution in [3.8, 4) is 5.75 Å². The maximum Gasteiger partial charge on any atom is 0.309 e. The average molecular weight is 263 g/mol. The van der Waals surface area contributed by atoms with Crippen LogP contribution in [0.3, 0.4) is 0 Å². The molecule has 5 heteroatoms. The van der Waals surface area contributed by atoms with Crippen LogP contribution in [0, 0.1) is 5.92 Å². The van der Waals surface area contributed by atoms with Gasteiger partial charge in [0.15, 0.2) is 0 Å². The maximum absolute atomic E-state index is 11.9. The standard InChI is InChI=1S/C14H17NO4/c1-3-15-12(16)8-11(14(17)18)13(15)9-5-4-6-10(7-9)19-2/h4-7,11,13H,3,8H2,1-2H3,(H,17,18)/t11-,13+/m1/s1. The predicted molar refractivity (Wildman–Crippen MR) is 68.9 cm³/mol. The molecule has 1 saturated heterocycles. The average Bonchev–Trinajstić information content (AvgIpc) is 2.75. The van der Waals surface area contributed by atoms with Gasteiger partial charge in [-0.15, -0.1) is 0 Å². The van der Waals surface area contributed by atoms with Gasteiger partial charge in [0.05, 0.1) is 19.1 Å². The molecule has 19 heavy (non-hydrogen) atoms. The number of rotatable bonds is 4. The highest BCUT2D eigenvalue weighted by Gasteiger charge is 2.43. The summed E-state index contributed by atoms with van der Waals surface area (Å²) in [7, 11) is 1.56. The molecule has 0 spiro atoms. The second-order valence-corrected chi connectivity index (χ2v) is 4.55. The Morgan fingerprint density at radius 1 is 1.53 bits per heavy atom. The lowest BCUT2D eigenvalue weighted by molar-refractivity contribution is -0.142. The molecule has 1 aliphatic rings. The van der Waals surface area contributed by atoms with Gasteiger partial charge in [-0.3, -0.25) is 9.59 Å². The molecule has 0 saturated carbocycles. The van der Waals surface area contributed by atoms with E-state index in [-0.39, 0.29) is 12.3 Å². The minimum Gasteiger partial charge on any atom is -0.497 e. The fourth-order valence-electron chi connectivity index (χ4n) is 2.62. The van der Waals surface area contributed by atoms with Crippen LogP contribution < -0.4 is 4.74 Å². The van der Waals surface area contributed by atoms with Crippen molar-refractivity contribution in [1.29, 1.82) is 0 Å². The number of ether oxygens (including phenoxy) is 1. The van der Waals surface area contributed by atoms with E-state index in [0.717, 1.165) is 5.56 Å². The van der Waals surface area contributed by atoms with Crippen LogP contribution in [0.2, 0.25) is 0 Å². The Morgan fingerprint density at radius 2 is 2.26 bits per heavy atom. The van der Waals surface area contributed by atoms with Crippen LogP contribution in [-0.4, -0.2) is 35.5 Å². The molecule has 1 N–H and O–H groups in total. The number of nitrogens with zero attached hydrogens (tertiary/aromatic N) is 1. The van der Waals surface area contributed by atoms with Gasteiger partial charge in [-0.25, -0.2) is 0 Å². The normalized spacial score (nSPS) is 22.6. The first-order valence-electron chi connectivity index (χ1n) is 6.24. The quantitative estimate of drug-likeness (QED) is 0.897. The molecule has 1 aromatic rings. The Kier molecular flexibility index (Phi) is 3.74. The van der Waals surface area contributed by atoms with E-state index in [9.17, 15) is 14.7 Å². The van der Waals surface area contributed by atoms with Gasteiger partial charge >= 0.3 is 5.97 Å². The predicted octanol–water partition coefficient (Wildman–Crippen LogP) is 1.69. The lowest BCUT2D eigenvalue weighted by Crippen LogP contribution is -2.30. The van der Waals surface area contributed by atoms with E-state index in [4.69, 9.17) is 4.74 Å². The third-order valence-electron chi connectivity index (χ3n) is 3.52. The molecular weight excluding hydrogens is 246 g/mol. The van der Waals surface area contributed by atoms with Gasteiger partial charge in [-0.1, -0.05) is 12.1 Å². The number of benzene rings is 1. The molecule has 102 valence electrons. The largest absolute Gasteiger partial charge is 0.497 e. The molecule has 0 aliphatic carbocycles. The van der Waals surface area contributed by atoms with Gasteiger partial charge < -0.3 is 14.7 Å². The van der Waals surface area contributed by atoms with Gasteiger partial charge in [-0.05, 0) is 24.6 Å². The van der Waals surface area contributed by atoms with Crippen LogP contribution in [0.5, 0.6) is 5.75 Å². The highest BCUT2D eigenvalue weighted by molar-refractivity contribution is 5.87. The second kappa shape index (κ2) is 5.30. The highest BCUT2D eigenvalue weighted by Crippen LogP contribution is 2.38. The summed E-state index contributed by atoms with van der Waals surface area (Å²) in [6, 6.07) is 6.83. The molecule has 0 bridgehead atoms. The van der Waals surface area contributed by atoms with Crippen molar-refractivity contribution in [2.24, 2.45) is 5.92 Å². The molecule has 1 aliphatic heterocycles. The molecule has 5 nitrogen and oxygen atoms in total. The van der Waals surface area contributed by atoms with Crippen molar-refractivity contribution in [3.05, 3.63) is 29.8 Å². The first-order chi connectivity index (χ1) is 9.08. The third kappa shape index (κ3) is 2.41. The van der Waals surface area contributed by atoms with E-state index < -0.39 is 17.9 Å². The van der Waals surface area contributed by atoms with Crippen LogP contribution in [-0.2, 0) is 9.59 Å². The first-order valence-corrected chi connectivity index (χ1v) is 6.24. The number of carbonyl (C=O) groups excluding carboxylic acids is 1. The molecule has 0 aromatic heterocycles. The van der Waals surface area contributed by atoms with Gasteiger partial charge in [-0.2, -0.15) is 0 Å². The van der Waals surface area contributed by atoms with Gasteiger partial charge in [0.1, 0.15) is 5.75 Å². The van der Waals surface area contributed by atoms with E-state index in [1.807, 2.05) is 19.1 Å². The van der Waals surface area contributed by atoms with Crippen LogP contribution in [0.4, 0.5) is 0 Å². The zero-order valence-corrected chi connectivity index (χ0v) is 11.0. The molecule has 2 rings (SSSR count). The summed E-state index contributed by atoms with van der Waals surface area (Å²) in [5.74, 6) is -1.07. The zero-order chi connectivity index (χ0) is 14.0. The summed E-state index contributed by atoms with van der Waals surface area (Å²) in [6.45, 7) is 2.36. The lowest BCUT2D eigenvalue weighted by atomic mass is 9.93. The van der Waals surface area contributed by atoms with Gasteiger partial charge in [0.2, 0.25) is 5.91 Å². The van der Waals surface area contributed by atoms with Crippen LogP contribution in [0.15, 0.2) is 24.3 Å². The summed E-state index contributed by atoms with van der Waals surface area (Å²) in [5.41, 5.74) is 0.805. The summed E-state index contributed by atoms with van der Waals surface area (Å²) < 4.78 is 5.15. The Bertz CT molecular complexity index is 500. The molecule has 0 unspecified atom stereocenters. The Balaban J connectivity index is 2.41. The van der Waals surface area contributed by atoms with Crippen LogP contribution in [0.25, 0.3) is 0 Å².